The van der Waals surface area contributed by atoms with E-state index in [2.05, 4.69) is 29.6 Å². The van der Waals surface area contributed by atoms with Gasteiger partial charge in [0.15, 0.2) is 0 Å². The van der Waals surface area contributed by atoms with Gasteiger partial charge in [-0.25, -0.2) is 4.39 Å². The van der Waals surface area contributed by atoms with Crippen LogP contribution in [-0.2, 0) is 0 Å². The fraction of sp³-hybridized carbons (Fsp3) is 0.409. The number of halogens is 1. The van der Waals surface area contributed by atoms with Gasteiger partial charge in [-0.2, -0.15) is 0 Å². The van der Waals surface area contributed by atoms with Crippen molar-refractivity contribution in [3.63, 3.8) is 0 Å². The highest BCUT2D eigenvalue weighted by Gasteiger charge is 2.41. The van der Waals surface area contributed by atoms with Gasteiger partial charge in [0.1, 0.15) is 5.82 Å². The van der Waals surface area contributed by atoms with E-state index >= 15 is 0 Å². The maximum absolute atomic E-state index is 13.6. The minimum atomic E-state index is -0.356. The Balaban J connectivity index is 1.63. The molecule has 0 aromatic heterocycles. The van der Waals surface area contributed by atoms with E-state index in [-0.39, 0.29) is 23.8 Å². The number of amides is 1. The van der Waals surface area contributed by atoms with Crippen molar-refractivity contribution >= 4 is 5.91 Å². The molecule has 0 unspecified atom stereocenters. The molecular weight excluding hydrogens is 327 g/mol. The second kappa shape index (κ2) is 7.58. The second-order valence-corrected chi connectivity index (χ2v) is 7.36. The Morgan fingerprint density at radius 2 is 1.88 bits per heavy atom. The molecule has 2 fully saturated rings. The van der Waals surface area contributed by atoms with Crippen LogP contribution >= 0.6 is 0 Å². The van der Waals surface area contributed by atoms with Crippen molar-refractivity contribution < 1.29 is 9.18 Å². The number of likely N-dealkylation sites (tertiary alicyclic amines) is 1. The fourth-order valence-electron chi connectivity index (χ4n) is 4.56. The van der Waals surface area contributed by atoms with Crippen molar-refractivity contribution in [3.05, 3.63) is 71.5 Å². The number of carbonyl (C=O) groups excluding carboxylic acids is 1. The molecule has 0 radical (unpaired) electrons. The van der Waals surface area contributed by atoms with Gasteiger partial charge in [0, 0.05) is 30.1 Å². The third-order valence-electron chi connectivity index (χ3n) is 5.80. The van der Waals surface area contributed by atoms with Gasteiger partial charge < -0.3 is 10.2 Å². The highest BCUT2D eigenvalue weighted by atomic mass is 19.1. The topological polar surface area (TPSA) is 32.3 Å². The summed E-state index contributed by atoms with van der Waals surface area (Å²) in [5.41, 5.74) is 1.79. The summed E-state index contributed by atoms with van der Waals surface area (Å²) < 4.78 is 13.6. The molecule has 0 spiro atoms. The lowest BCUT2D eigenvalue weighted by Gasteiger charge is -2.45. The van der Waals surface area contributed by atoms with Crippen LogP contribution in [-0.4, -0.2) is 36.0 Å². The number of fused-ring (bicyclic) bond motifs is 1. The maximum Gasteiger partial charge on any atom is 0.254 e. The van der Waals surface area contributed by atoms with Crippen LogP contribution in [0.5, 0.6) is 0 Å². The first-order chi connectivity index (χ1) is 12.7. The third-order valence-corrected chi connectivity index (χ3v) is 5.80. The number of hydrogen-bond donors (Lipinski definition) is 1. The summed E-state index contributed by atoms with van der Waals surface area (Å²) in [7, 11) is 0. The number of piperidine rings is 1. The van der Waals surface area contributed by atoms with Crippen LogP contribution in [0.25, 0.3) is 0 Å². The smallest absolute Gasteiger partial charge is 0.254 e. The largest absolute Gasteiger partial charge is 0.334 e. The van der Waals surface area contributed by atoms with Crippen LogP contribution in [0.15, 0.2) is 54.6 Å². The molecule has 1 N–H and O–H groups in total. The Morgan fingerprint density at radius 3 is 2.69 bits per heavy atom. The molecule has 0 bridgehead atoms. The van der Waals surface area contributed by atoms with Crippen LogP contribution in [0.1, 0.15) is 47.5 Å². The third kappa shape index (κ3) is 3.38. The molecule has 2 aromatic rings. The average molecular weight is 352 g/mol. The Morgan fingerprint density at radius 1 is 1.04 bits per heavy atom. The molecule has 26 heavy (non-hydrogen) atoms. The van der Waals surface area contributed by atoms with Gasteiger partial charge in [-0.15, -0.1) is 0 Å². The molecule has 2 heterocycles. The van der Waals surface area contributed by atoms with Gasteiger partial charge in [-0.05, 0) is 49.6 Å². The first-order valence-corrected chi connectivity index (χ1v) is 9.59. The van der Waals surface area contributed by atoms with Crippen LogP contribution in [0.2, 0.25) is 0 Å². The molecule has 0 saturated carbocycles. The van der Waals surface area contributed by atoms with Crippen molar-refractivity contribution in [1.82, 2.24) is 10.2 Å². The van der Waals surface area contributed by atoms with E-state index < -0.39 is 0 Å². The van der Waals surface area contributed by atoms with Crippen molar-refractivity contribution in [2.24, 2.45) is 0 Å². The van der Waals surface area contributed by atoms with Crippen molar-refractivity contribution in [1.29, 1.82) is 0 Å². The number of rotatable bonds is 2. The van der Waals surface area contributed by atoms with Crippen LogP contribution in [0.3, 0.4) is 0 Å². The van der Waals surface area contributed by atoms with Gasteiger partial charge in [-0.3, -0.25) is 4.79 Å². The molecule has 2 aromatic carbocycles. The summed E-state index contributed by atoms with van der Waals surface area (Å²) in [5.74, 6) is 0.0103. The second-order valence-electron chi connectivity index (χ2n) is 7.36. The minimum absolute atomic E-state index is 0.0466. The summed E-state index contributed by atoms with van der Waals surface area (Å²) in [4.78, 5) is 15.1. The van der Waals surface area contributed by atoms with Crippen LogP contribution in [0, 0.1) is 5.82 Å². The molecular formula is C22H25FN2O. The number of hydrogen-bond acceptors (Lipinski definition) is 2. The van der Waals surface area contributed by atoms with Gasteiger partial charge in [0.25, 0.3) is 5.91 Å². The Labute approximate surface area is 154 Å². The lowest BCUT2D eigenvalue weighted by Crippen LogP contribution is -2.58. The standard InChI is InChI=1S/C22H25FN2O/c23-18-10-6-9-17(15-18)22(26)25-14-12-19(16-7-2-1-3-8-16)21-20(25)11-4-5-13-24-21/h1-3,6-10,15,19-21,24H,4-5,11-14H2/t19-,20-,21-/m1/s1. The van der Waals surface area contributed by atoms with E-state index in [9.17, 15) is 9.18 Å². The monoisotopic (exact) mass is 352 g/mol. The van der Waals surface area contributed by atoms with Gasteiger partial charge >= 0.3 is 0 Å². The first kappa shape index (κ1) is 17.2. The molecule has 0 aliphatic carbocycles. The van der Waals surface area contributed by atoms with E-state index in [1.54, 1.807) is 12.1 Å². The van der Waals surface area contributed by atoms with E-state index in [0.717, 1.165) is 38.8 Å². The fourth-order valence-corrected chi connectivity index (χ4v) is 4.56. The quantitative estimate of drug-likeness (QED) is 0.887. The molecule has 4 heteroatoms. The molecule has 2 saturated heterocycles. The molecule has 4 rings (SSSR count). The SMILES string of the molecule is O=C(c1cccc(F)c1)N1CC[C@H](c2ccccc2)[C@H]2NCCCC[C@H]21. The molecule has 1 amide bonds. The number of nitrogens with one attached hydrogen (secondary N) is 1. The van der Waals surface area contributed by atoms with Crippen molar-refractivity contribution in [2.75, 3.05) is 13.1 Å². The average Bonchev–Trinajstić information content (AvgIpc) is 2.93. The van der Waals surface area contributed by atoms with E-state index in [4.69, 9.17) is 0 Å². The summed E-state index contributed by atoms with van der Waals surface area (Å²) in [6.45, 7) is 1.71. The first-order valence-electron chi connectivity index (χ1n) is 9.59. The minimum Gasteiger partial charge on any atom is -0.334 e. The summed E-state index contributed by atoms with van der Waals surface area (Å²) in [6.07, 6.45) is 4.18. The predicted octanol–water partition coefficient (Wildman–Crippen LogP) is 3.97. The number of carbonyl (C=O) groups is 1. The summed E-state index contributed by atoms with van der Waals surface area (Å²) in [6, 6.07) is 17.1. The van der Waals surface area contributed by atoms with Crippen LogP contribution in [0.4, 0.5) is 4.39 Å². The maximum atomic E-state index is 13.6. The predicted molar refractivity (Wildman–Crippen MR) is 101 cm³/mol. The van der Waals surface area contributed by atoms with Gasteiger partial charge in [0.05, 0.1) is 0 Å². The number of benzene rings is 2. The molecule has 3 atom stereocenters. The van der Waals surface area contributed by atoms with Crippen molar-refractivity contribution in [2.45, 2.75) is 43.7 Å². The Hall–Kier alpha value is -2.20. The zero-order valence-electron chi connectivity index (χ0n) is 14.9. The lowest BCUT2D eigenvalue weighted by molar-refractivity contribution is 0.0509. The number of nitrogens with zero attached hydrogens (tertiary/aromatic N) is 1. The zero-order valence-corrected chi connectivity index (χ0v) is 14.9. The molecule has 136 valence electrons. The molecule has 2 aliphatic heterocycles. The van der Waals surface area contributed by atoms with Gasteiger partial charge in [0.2, 0.25) is 0 Å². The molecule has 3 nitrogen and oxygen atoms in total. The zero-order chi connectivity index (χ0) is 17.9. The Bertz CT molecular complexity index is 764. The van der Waals surface area contributed by atoms with Gasteiger partial charge in [-0.1, -0.05) is 42.8 Å². The van der Waals surface area contributed by atoms with Crippen LogP contribution < -0.4 is 5.32 Å². The van der Waals surface area contributed by atoms with E-state index in [1.807, 2.05) is 11.0 Å². The van der Waals surface area contributed by atoms with E-state index in [0.29, 0.717) is 11.5 Å². The highest BCUT2D eigenvalue weighted by Crippen LogP contribution is 2.35. The molecule has 2 aliphatic rings. The summed E-state index contributed by atoms with van der Waals surface area (Å²) in [5, 5.41) is 3.71. The summed E-state index contributed by atoms with van der Waals surface area (Å²) >= 11 is 0. The lowest BCUT2D eigenvalue weighted by atomic mass is 9.79. The van der Waals surface area contributed by atoms with E-state index in [1.165, 1.54) is 17.7 Å². The normalized spacial score (nSPS) is 26.0. The highest BCUT2D eigenvalue weighted by molar-refractivity contribution is 5.94. The van der Waals surface area contributed by atoms with Crippen molar-refractivity contribution in [3.8, 4) is 0 Å². The Kier molecular flexibility index (Phi) is 5.02.